The van der Waals surface area contributed by atoms with Crippen molar-refractivity contribution in [1.29, 1.82) is 0 Å². The Morgan fingerprint density at radius 3 is 1.95 bits per heavy atom. The number of hydrogen-bond donors (Lipinski definition) is 3. The van der Waals surface area contributed by atoms with Gasteiger partial charge in [0, 0.05) is 6.54 Å². The first-order chi connectivity index (χ1) is 17.5. The summed E-state index contributed by atoms with van der Waals surface area (Å²) >= 11 is 6.87. The van der Waals surface area contributed by atoms with E-state index in [1.165, 1.54) is 7.11 Å². The van der Waals surface area contributed by atoms with Gasteiger partial charge in [-0.1, -0.05) is 0 Å². The average Bonchev–Trinajstić information content (AvgIpc) is 2.84. The quantitative estimate of drug-likeness (QED) is 0.249. The van der Waals surface area contributed by atoms with Gasteiger partial charge in [0.25, 0.3) is 0 Å². The van der Waals surface area contributed by atoms with Gasteiger partial charge in [0.05, 0.1) is 16.1 Å². The zero-order chi connectivity index (χ0) is 28.8. The highest BCUT2D eigenvalue weighted by Crippen LogP contribution is 2.35. The minimum absolute atomic E-state index is 0.103. The Bertz CT molecular complexity index is 1050. The first-order valence-electron chi connectivity index (χ1n) is 11.9. The van der Waals surface area contributed by atoms with Crippen LogP contribution in [0.5, 0.6) is 5.75 Å². The van der Waals surface area contributed by atoms with E-state index in [1.54, 1.807) is 53.7 Å². The van der Waals surface area contributed by atoms with E-state index in [9.17, 15) is 19.2 Å². The molecule has 2 unspecified atom stereocenters. The van der Waals surface area contributed by atoms with Crippen LogP contribution in [0.15, 0.2) is 26.1 Å². The number of hydrogen-bond acceptors (Lipinski definition) is 8. The van der Waals surface area contributed by atoms with Crippen LogP contribution in [0.25, 0.3) is 0 Å². The Balaban J connectivity index is 2.36. The second kappa shape index (κ2) is 12.9. The van der Waals surface area contributed by atoms with Gasteiger partial charge in [0.1, 0.15) is 28.9 Å². The molecule has 1 saturated heterocycles. The first kappa shape index (κ1) is 31.5. The number of alkyl carbamates (subject to hydrolysis) is 2. The predicted octanol–water partition coefficient (Wildman–Crippen LogP) is 4.24. The maximum absolute atomic E-state index is 13.5. The summed E-state index contributed by atoms with van der Waals surface area (Å²) in [6, 6.07) is 2.50. The Hall–Kier alpha value is -2.67. The summed E-state index contributed by atoms with van der Waals surface area (Å²) in [6.07, 6.45) is -1.50. The number of halogens is 2. The molecule has 1 fully saturated rings. The van der Waals surface area contributed by atoms with Crippen LogP contribution in [0.1, 0.15) is 53.5 Å². The van der Waals surface area contributed by atoms with Gasteiger partial charge in [-0.25, -0.2) is 14.6 Å². The summed E-state index contributed by atoms with van der Waals surface area (Å²) in [4.78, 5) is 55.5. The number of amides is 3. The number of guanidine groups is 1. The number of carbonyl (C=O) groups excluding carboxylic acids is 4. The summed E-state index contributed by atoms with van der Waals surface area (Å²) in [5.74, 6) is -1.69. The van der Waals surface area contributed by atoms with Crippen molar-refractivity contribution in [2.24, 2.45) is 10.9 Å². The monoisotopic (exact) mass is 660 g/mol. The van der Waals surface area contributed by atoms with Crippen molar-refractivity contribution in [2.45, 2.75) is 71.6 Å². The fourth-order valence-electron chi connectivity index (χ4n) is 3.49. The molecule has 3 amide bonds. The van der Waals surface area contributed by atoms with Crippen LogP contribution in [0.4, 0.5) is 9.59 Å². The van der Waals surface area contributed by atoms with Crippen molar-refractivity contribution in [3.63, 3.8) is 0 Å². The van der Waals surface area contributed by atoms with Crippen molar-refractivity contribution in [3.05, 3.63) is 26.6 Å². The molecule has 3 N–H and O–H groups in total. The highest BCUT2D eigenvalue weighted by Gasteiger charge is 2.36. The van der Waals surface area contributed by atoms with E-state index in [0.29, 0.717) is 20.3 Å². The molecule has 0 aromatic heterocycles. The second-order valence-corrected chi connectivity index (χ2v) is 12.3. The molecule has 0 bridgehead atoms. The lowest BCUT2D eigenvalue weighted by Crippen LogP contribution is -2.48. The number of ketones is 1. The minimum atomic E-state index is -1.05. The standard InChI is InChI=1S/C25H34Br2N4O7/c1-24(2,3)37-22(34)30-21(31-23(35)38-25(4,5)6)29-17-8-9-28-20(33)14(18(17)32)10-13-11-15(26)19(36-7)16(27)12-13/h11-12,14,17H,8-10H2,1-7H3,(H,28,33)(H2,29,30,31,34,35). The van der Waals surface area contributed by atoms with Gasteiger partial charge in [-0.05, 0) is 104 Å². The zero-order valence-corrected chi connectivity index (χ0v) is 25.7. The SMILES string of the molecule is COc1c(Br)cc(CC2C(=O)NCCC(N=C(NC(=O)OC(C)(C)C)NC(=O)OC(C)(C)C)C2=O)cc1Br. The second-order valence-electron chi connectivity index (χ2n) is 10.6. The number of nitrogens with zero attached hydrogens (tertiary/aromatic N) is 1. The highest BCUT2D eigenvalue weighted by atomic mass is 79.9. The number of nitrogens with one attached hydrogen (secondary N) is 3. The van der Waals surface area contributed by atoms with Gasteiger partial charge in [-0.2, -0.15) is 0 Å². The molecule has 0 saturated carbocycles. The van der Waals surface area contributed by atoms with Crippen molar-refractivity contribution >= 4 is 61.7 Å². The fourth-order valence-corrected chi connectivity index (χ4v) is 5.10. The van der Waals surface area contributed by atoms with Crippen LogP contribution in [0.2, 0.25) is 0 Å². The summed E-state index contributed by atoms with van der Waals surface area (Å²) in [5, 5.41) is 7.49. The zero-order valence-electron chi connectivity index (χ0n) is 22.5. The summed E-state index contributed by atoms with van der Waals surface area (Å²) in [6.45, 7) is 10.2. The third-order valence-electron chi connectivity index (χ3n) is 4.93. The number of rotatable bonds is 4. The largest absolute Gasteiger partial charge is 0.494 e. The van der Waals surface area contributed by atoms with Crippen LogP contribution in [0, 0.1) is 5.92 Å². The summed E-state index contributed by atoms with van der Waals surface area (Å²) < 4.78 is 17.1. The van der Waals surface area contributed by atoms with E-state index in [0.717, 1.165) is 0 Å². The molecule has 1 aromatic carbocycles. The van der Waals surface area contributed by atoms with Crippen LogP contribution in [-0.4, -0.2) is 60.7 Å². The van der Waals surface area contributed by atoms with Crippen LogP contribution in [0.3, 0.4) is 0 Å². The Kier molecular flexibility index (Phi) is 10.7. The smallest absolute Gasteiger partial charge is 0.414 e. The number of Topliss-reactive ketones (excluding diaryl/α,β-unsaturated/α-hetero) is 1. The molecule has 2 rings (SSSR count). The molecule has 38 heavy (non-hydrogen) atoms. The van der Waals surface area contributed by atoms with Crippen molar-refractivity contribution < 1.29 is 33.4 Å². The van der Waals surface area contributed by atoms with Crippen molar-refractivity contribution in [2.75, 3.05) is 13.7 Å². The Labute approximate surface area is 239 Å². The van der Waals surface area contributed by atoms with Crippen molar-refractivity contribution in [1.82, 2.24) is 16.0 Å². The van der Waals surface area contributed by atoms with E-state index in [4.69, 9.17) is 14.2 Å². The van der Waals surface area contributed by atoms with Crippen LogP contribution < -0.4 is 20.7 Å². The number of methoxy groups -OCH3 is 1. The lowest BCUT2D eigenvalue weighted by atomic mass is 9.91. The number of carbonyl (C=O) groups is 4. The third-order valence-corrected chi connectivity index (χ3v) is 6.11. The molecular formula is C25H34Br2N4O7. The van der Waals surface area contributed by atoms with E-state index in [-0.39, 0.29) is 25.3 Å². The molecule has 0 spiro atoms. The molecule has 1 aliphatic heterocycles. The van der Waals surface area contributed by atoms with Gasteiger partial charge < -0.3 is 19.5 Å². The topological polar surface area (TPSA) is 144 Å². The van der Waals surface area contributed by atoms with Gasteiger partial charge in [-0.3, -0.25) is 20.2 Å². The maximum Gasteiger partial charge on any atom is 0.414 e. The van der Waals surface area contributed by atoms with E-state index < -0.39 is 47.0 Å². The third kappa shape index (κ3) is 9.90. The summed E-state index contributed by atoms with van der Waals surface area (Å²) in [5.41, 5.74) is -0.926. The number of ether oxygens (including phenoxy) is 3. The molecule has 13 heteroatoms. The maximum atomic E-state index is 13.5. The first-order valence-corrected chi connectivity index (χ1v) is 13.5. The van der Waals surface area contributed by atoms with E-state index in [2.05, 4.69) is 52.8 Å². The lowest BCUT2D eigenvalue weighted by Gasteiger charge is -2.23. The molecule has 1 heterocycles. The fraction of sp³-hybridized carbons (Fsp3) is 0.560. The number of aliphatic imine (C=N–C) groups is 1. The van der Waals surface area contributed by atoms with Crippen molar-refractivity contribution in [3.8, 4) is 5.75 Å². The predicted molar refractivity (Wildman–Crippen MR) is 148 cm³/mol. The number of benzene rings is 1. The highest BCUT2D eigenvalue weighted by molar-refractivity contribution is 9.11. The van der Waals surface area contributed by atoms with Crippen LogP contribution in [-0.2, 0) is 25.5 Å². The average molecular weight is 662 g/mol. The molecule has 2 atom stereocenters. The van der Waals surface area contributed by atoms with Gasteiger partial charge in [-0.15, -0.1) is 0 Å². The molecule has 0 aliphatic carbocycles. The van der Waals surface area contributed by atoms with E-state index >= 15 is 0 Å². The molecule has 11 nitrogen and oxygen atoms in total. The molecule has 0 radical (unpaired) electrons. The normalized spacial score (nSPS) is 18.0. The Morgan fingerprint density at radius 2 is 1.50 bits per heavy atom. The van der Waals surface area contributed by atoms with Crippen LogP contribution >= 0.6 is 31.9 Å². The van der Waals surface area contributed by atoms with Gasteiger partial charge in [0.2, 0.25) is 11.9 Å². The summed E-state index contributed by atoms with van der Waals surface area (Å²) in [7, 11) is 1.53. The van der Waals surface area contributed by atoms with E-state index in [1.807, 2.05) is 0 Å². The molecule has 1 aromatic rings. The lowest BCUT2D eigenvalue weighted by molar-refractivity contribution is -0.133. The molecule has 1 aliphatic rings. The molecule has 210 valence electrons. The van der Waals surface area contributed by atoms with Gasteiger partial charge >= 0.3 is 12.2 Å². The minimum Gasteiger partial charge on any atom is -0.494 e. The molecular weight excluding hydrogens is 628 g/mol. The van der Waals surface area contributed by atoms with Gasteiger partial charge in [0.15, 0.2) is 5.78 Å². The Morgan fingerprint density at radius 1 is 1.00 bits per heavy atom.